The molecule has 1 atom stereocenters. The Hall–Kier alpha value is -1.63. The van der Waals surface area contributed by atoms with Crippen LogP contribution in [0.4, 0.5) is 4.79 Å². The van der Waals surface area contributed by atoms with Crippen molar-refractivity contribution in [1.29, 1.82) is 0 Å². The van der Waals surface area contributed by atoms with E-state index in [-0.39, 0.29) is 12.0 Å². The fraction of sp³-hybridized carbons (Fsp3) is 0.643. The minimum atomic E-state index is -0.505. The van der Waals surface area contributed by atoms with Gasteiger partial charge in [-0.2, -0.15) is 0 Å². The monoisotopic (exact) mass is 309 g/mol. The van der Waals surface area contributed by atoms with Crippen LogP contribution in [-0.4, -0.2) is 59.1 Å². The Morgan fingerprint density at radius 1 is 1.43 bits per heavy atom. The lowest BCUT2D eigenvalue weighted by Gasteiger charge is -2.21. The van der Waals surface area contributed by atoms with Crippen molar-refractivity contribution in [3.05, 3.63) is 15.6 Å². The molecule has 0 aromatic carbocycles. The Morgan fingerprint density at radius 2 is 2.19 bits per heavy atom. The van der Waals surface area contributed by atoms with Gasteiger partial charge >= 0.3 is 6.09 Å². The highest BCUT2D eigenvalue weighted by atomic mass is 32.1. The van der Waals surface area contributed by atoms with E-state index in [4.69, 9.17) is 4.74 Å². The number of ether oxygens (including phenoxy) is 1. The molecule has 2 saturated heterocycles. The maximum atomic E-state index is 12.4. The van der Waals surface area contributed by atoms with Gasteiger partial charge in [0.2, 0.25) is 5.91 Å². The lowest BCUT2D eigenvalue weighted by atomic mass is 10.0. The third-order valence-corrected chi connectivity index (χ3v) is 5.06. The van der Waals surface area contributed by atoms with Crippen LogP contribution < -0.4 is 0 Å². The molecule has 2 fully saturated rings. The van der Waals surface area contributed by atoms with Crippen molar-refractivity contribution in [2.75, 3.05) is 26.7 Å². The lowest BCUT2D eigenvalue weighted by molar-refractivity contribution is -0.130. The molecule has 0 unspecified atom stereocenters. The minimum absolute atomic E-state index is 0.0610. The highest BCUT2D eigenvalue weighted by Crippen LogP contribution is 2.32. The number of thiazole rings is 1. The first-order valence-electron chi connectivity index (χ1n) is 7.03. The number of aryl methyl sites for hydroxylation is 2. The summed E-state index contributed by atoms with van der Waals surface area (Å²) in [6.45, 7) is 5.63. The number of carbonyl (C=O) groups is 2. The van der Waals surface area contributed by atoms with Gasteiger partial charge in [-0.05, 0) is 13.8 Å². The summed E-state index contributed by atoms with van der Waals surface area (Å²) in [7, 11) is 1.73. The van der Waals surface area contributed by atoms with E-state index in [9.17, 15) is 9.59 Å². The molecular formula is C14H19N3O3S. The predicted molar refractivity (Wildman–Crippen MR) is 78.3 cm³/mol. The number of hydrogen-bond acceptors (Lipinski definition) is 5. The minimum Gasteiger partial charge on any atom is -0.439 e. The number of likely N-dealkylation sites (N-methyl/N-ethyl adjacent to an activating group) is 1. The van der Waals surface area contributed by atoms with Crippen molar-refractivity contribution in [2.24, 2.45) is 0 Å². The third-order valence-electron chi connectivity index (χ3n) is 4.13. The average molecular weight is 309 g/mol. The third kappa shape index (κ3) is 2.62. The Bertz CT molecular complexity index is 600. The second kappa shape index (κ2) is 4.98. The molecule has 2 amide bonds. The standard InChI is InChI=1S/C14H19N3O3S/c1-9-11(15-10(2)21-9)6-12(18)17-5-4-14(8-17)7-16(3)13(19)20-14/h4-8H2,1-3H3/t14-/m1/s1. The molecule has 2 aliphatic heterocycles. The van der Waals surface area contributed by atoms with Gasteiger partial charge in [-0.3, -0.25) is 4.79 Å². The van der Waals surface area contributed by atoms with Gasteiger partial charge in [0.1, 0.15) is 0 Å². The number of likely N-dealkylation sites (tertiary alicyclic amines) is 1. The van der Waals surface area contributed by atoms with Crippen LogP contribution in [0.3, 0.4) is 0 Å². The molecule has 3 rings (SSSR count). The van der Waals surface area contributed by atoms with Crippen molar-refractivity contribution >= 4 is 23.3 Å². The molecule has 0 N–H and O–H groups in total. The van der Waals surface area contributed by atoms with Crippen molar-refractivity contribution < 1.29 is 14.3 Å². The van der Waals surface area contributed by atoms with E-state index in [1.54, 1.807) is 28.2 Å². The summed E-state index contributed by atoms with van der Waals surface area (Å²) in [5.41, 5.74) is 0.359. The van der Waals surface area contributed by atoms with Gasteiger partial charge in [0, 0.05) is 24.9 Å². The van der Waals surface area contributed by atoms with Gasteiger partial charge in [-0.15, -0.1) is 11.3 Å². The molecule has 7 heteroatoms. The van der Waals surface area contributed by atoms with Crippen LogP contribution in [0.1, 0.15) is 22.0 Å². The average Bonchev–Trinajstić information content (AvgIpc) is 3.02. The molecule has 21 heavy (non-hydrogen) atoms. The molecule has 0 saturated carbocycles. The summed E-state index contributed by atoms with van der Waals surface area (Å²) in [6.07, 6.45) is 0.746. The molecule has 2 aliphatic rings. The van der Waals surface area contributed by atoms with Gasteiger partial charge in [0.05, 0.1) is 30.2 Å². The summed E-state index contributed by atoms with van der Waals surface area (Å²) >= 11 is 1.62. The zero-order valence-corrected chi connectivity index (χ0v) is 13.3. The maximum absolute atomic E-state index is 12.4. The van der Waals surface area contributed by atoms with Crippen LogP contribution in [0.2, 0.25) is 0 Å². The van der Waals surface area contributed by atoms with Crippen LogP contribution in [0.15, 0.2) is 0 Å². The van der Waals surface area contributed by atoms with Crippen LogP contribution >= 0.6 is 11.3 Å². The molecule has 0 bridgehead atoms. The normalized spacial score (nSPS) is 25.0. The van der Waals surface area contributed by atoms with E-state index < -0.39 is 5.60 Å². The Balaban J connectivity index is 1.65. The van der Waals surface area contributed by atoms with Crippen LogP contribution in [0, 0.1) is 13.8 Å². The lowest BCUT2D eigenvalue weighted by Crippen LogP contribution is -2.39. The molecule has 114 valence electrons. The van der Waals surface area contributed by atoms with E-state index in [1.807, 2.05) is 13.8 Å². The number of amides is 2. The molecule has 1 aromatic rings. The van der Waals surface area contributed by atoms with E-state index in [0.29, 0.717) is 32.5 Å². The zero-order chi connectivity index (χ0) is 15.2. The summed E-state index contributed by atoms with van der Waals surface area (Å²) in [5, 5.41) is 0.986. The number of nitrogens with zero attached hydrogens (tertiary/aromatic N) is 3. The molecular weight excluding hydrogens is 290 g/mol. The summed E-state index contributed by atoms with van der Waals surface area (Å²) in [6, 6.07) is 0. The molecule has 1 aromatic heterocycles. The zero-order valence-electron chi connectivity index (χ0n) is 12.5. The Kier molecular flexibility index (Phi) is 3.39. The Labute approximate surface area is 127 Å². The smallest absolute Gasteiger partial charge is 0.410 e. The fourth-order valence-corrected chi connectivity index (χ4v) is 3.89. The predicted octanol–water partition coefficient (Wildman–Crippen LogP) is 1.36. The molecule has 6 nitrogen and oxygen atoms in total. The van der Waals surface area contributed by atoms with Crippen molar-refractivity contribution in [2.45, 2.75) is 32.3 Å². The highest BCUT2D eigenvalue weighted by molar-refractivity contribution is 7.11. The molecule has 0 radical (unpaired) electrons. The van der Waals surface area contributed by atoms with Crippen molar-refractivity contribution in [3.63, 3.8) is 0 Å². The summed E-state index contributed by atoms with van der Waals surface area (Å²) in [4.78, 5) is 32.8. The number of carbonyl (C=O) groups excluding carboxylic acids is 2. The van der Waals surface area contributed by atoms with Gasteiger partial charge < -0.3 is 14.5 Å². The summed E-state index contributed by atoms with van der Waals surface area (Å²) in [5.74, 6) is 0.0610. The topological polar surface area (TPSA) is 62.7 Å². The maximum Gasteiger partial charge on any atom is 0.410 e. The van der Waals surface area contributed by atoms with E-state index >= 15 is 0 Å². The number of hydrogen-bond donors (Lipinski definition) is 0. The second-order valence-electron chi connectivity index (χ2n) is 5.88. The van der Waals surface area contributed by atoms with Gasteiger partial charge in [0.25, 0.3) is 0 Å². The van der Waals surface area contributed by atoms with Crippen LogP contribution in [-0.2, 0) is 16.0 Å². The first kappa shape index (κ1) is 14.3. The second-order valence-corrected chi connectivity index (χ2v) is 7.29. The van der Waals surface area contributed by atoms with Gasteiger partial charge in [0.15, 0.2) is 5.60 Å². The van der Waals surface area contributed by atoms with Gasteiger partial charge in [-0.25, -0.2) is 9.78 Å². The Morgan fingerprint density at radius 3 is 2.76 bits per heavy atom. The number of rotatable bonds is 2. The largest absolute Gasteiger partial charge is 0.439 e. The summed E-state index contributed by atoms with van der Waals surface area (Å²) < 4.78 is 5.46. The highest BCUT2D eigenvalue weighted by Gasteiger charge is 2.49. The SMILES string of the molecule is Cc1nc(CC(=O)N2CC[C@@]3(CN(C)C(=O)O3)C2)c(C)s1. The quantitative estimate of drug-likeness (QED) is 0.827. The van der Waals surface area contributed by atoms with Crippen molar-refractivity contribution in [1.82, 2.24) is 14.8 Å². The molecule has 1 spiro atoms. The molecule has 3 heterocycles. The van der Waals surface area contributed by atoms with E-state index in [1.165, 1.54) is 0 Å². The van der Waals surface area contributed by atoms with Crippen LogP contribution in [0.5, 0.6) is 0 Å². The fourth-order valence-electron chi connectivity index (χ4n) is 3.05. The van der Waals surface area contributed by atoms with E-state index in [0.717, 1.165) is 15.6 Å². The van der Waals surface area contributed by atoms with Gasteiger partial charge in [-0.1, -0.05) is 0 Å². The number of aromatic nitrogens is 1. The molecule has 0 aliphatic carbocycles. The van der Waals surface area contributed by atoms with Crippen LogP contribution in [0.25, 0.3) is 0 Å². The first-order chi connectivity index (χ1) is 9.88. The van der Waals surface area contributed by atoms with E-state index in [2.05, 4.69) is 4.98 Å². The first-order valence-corrected chi connectivity index (χ1v) is 7.85. The van der Waals surface area contributed by atoms with Crippen molar-refractivity contribution in [3.8, 4) is 0 Å².